The van der Waals surface area contributed by atoms with Crippen LogP contribution < -0.4 is 9.46 Å². The summed E-state index contributed by atoms with van der Waals surface area (Å²) in [6.07, 6.45) is 0. The third-order valence-electron chi connectivity index (χ3n) is 2.78. The van der Waals surface area contributed by atoms with Gasteiger partial charge in [0.2, 0.25) is 10.0 Å². The molecule has 0 bridgehead atoms. The summed E-state index contributed by atoms with van der Waals surface area (Å²) in [5.74, 6) is 3.38. The van der Waals surface area contributed by atoms with E-state index in [0.717, 1.165) is 12.1 Å². The molecule has 0 radical (unpaired) electrons. The average Bonchev–Trinajstić information content (AvgIpc) is 2.52. The van der Waals surface area contributed by atoms with Crippen molar-refractivity contribution in [2.45, 2.75) is 4.90 Å². The molecule has 0 spiro atoms. The lowest BCUT2D eigenvalue weighted by atomic mass is 10.3. The summed E-state index contributed by atoms with van der Waals surface area (Å²) < 4.78 is 57.2. The predicted molar refractivity (Wildman–Crippen MR) is 86.3 cm³/mol. The van der Waals surface area contributed by atoms with E-state index in [-0.39, 0.29) is 23.8 Å². The molecule has 2 rings (SSSR count). The zero-order chi connectivity index (χ0) is 17.6. The second kappa shape index (κ2) is 8.11. The first-order chi connectivity index (χ1) is 11.4. The standard InChI is InChI=1S/C16H12ClF2NO3S/c17-12-4-3-5-14(10-12)24(21,22)20-8-1-2-9-23-16-7-6-13(18)11-15(16)19/h3-7,10-11,20H,8-9H2. The van der Waals surface area contributed by atoms with Gasteiger partial charge in [0.1, 0.15) is 12.4 Å². The monoisotopic (exact) mass is 371 g/mol. The molecule has 0 saturated carbocycles. The molecule has 126 valence electrons. The van der Waals surface area contributed by atoms with E-state index in [1.807, 2.05) is 0 Å². The van der Waals surface area contributed by atoms with E-state index in [1.165, 1.54) is 18.2 Å². The third kappa shape index (κ3) is 5.20. The van der Waals surface area contributed by atoms with Crippen molar-refractivity contribution in [2.24, 2.45) is 0 Å². The van der Waals surface area contributed by atoms with Gasteiger partial charge in [-0.15, -0.1) is 0 Å². The molecule has 0 aliphatic rings. The van der Waals surface area contributed by atoms with Gasteiger partial charge in [0.05, 0.1) is 11.4 Å². The maximum atomic E-state index is 13.3. The first kappa shape index (κ1) is 18.2. The van der Waals surface area contributed by atoms with Crippen molar-refractivity contribution in [3.63, 3.8) is 0 Å². The average molecular weight is 372 g/mol. The number of rotatable bonds is 5. The van der Waals surface area contributed by atoms with Crippen molar-refractivity contribution in [3.8, 4) is 17.6 Å². The van der Waals surface area contributed by atoms with Crippen LogP contribution in [0, 0.1) is 23.5 Å². The Labute approximate surface area is 143 Å². The minimum absolute atomic E-state index is 0.0291. The Balaban J connectivity index is 1.85. The van der Waals surface area contributed by atoms with Crippen LogP contribution in [0.25, 0.3) is 0 Å². The number of benzene rings is 2. The smallest absolute Gasteiger partial charge is 0.241 e. The molecule has 4 nitrogen and oxygen atoms in total. The molecule has 1 N–H and O–H groups in total. The van der Waals surface area contributed by atoms with E-state index < -0.39 is 21.7 Å². The molecule has 0 saturated heterocycles. The predicted octanol–water partition coefficient (Wildman–Crippen LogP) is 2.98. The van der Waals surface area contributed by atoms with Gasteiger partial charge in [-0.1, -0.05) is 29.5 Å². The van der Waals surface area contributed by atoms with Crippen LogP contribution in [0.4, 0.5) is 8.78 Å². The molecule has 8 heteroatoms. The Morgan fingerprint density at radius 1 is 1.12 bits per heavy atom. The first-order valence-corrected chi connectivity index (χ1v) is 8.53. The molecule has 0 atom stereocenters. The van der Waals surface area contributed by atoms with E-state index >= 15 is 0 Å². The Bertz CT molecular complexity index is 892. The summed E-state index contributed by atoms with van der Waals surface area (Å²) in [6, 6.07) is 8.71. The molecule has 24 heavy (non-hydrogen) atoms. The number of nitrogens with one attached hydrogen (secondary N) is 1. The summed E-state index contributed by atoms with van der Waals surface area (Å²) in [5, 5.41) is 0.304. The molecule has 0 aromatic heterocycles. The fraction of sp³-hybridized carbons (Fsp3) is 0.125. The number of hydrogen-bond acceptors (Lipinski definition) is 3. The van der Waals surface area contributed by atoms with Gasteiger partial charge in [0.25, 0.3) is 0 Å². The topological polar surface area (TPSA) is 55.4 Å². The summed E-state index contributed by atoms with van der Waals surface area (Å²) in [5.41, 5.74) is 0. The summed E-state index contributed by atoms with van der Waals surface area (Å²) in [4.78, 5) is 0.0291. The van der Waals surface area contributed by atoms with Crippen LogP contribution in [0.3, 0.4) is 0 Å². The zero-order valence-electron chi connectivity index (χ0n) is 12.2. The van der Waals surface area contributed by atoms with Crippen LogP contribution in [0.2, 0.25) is 5.02 Å². The minimum atomic E-state index is -3.71. The van der Waals surface area contributed by atoms with Crippen LogP contribution >= 0.6 is 11.6 Å². The van der Waals surface area contributed by atoms with Gasteiger partial charge < -0.3 is 4.74 Å². The Morgan fingerprint density at radius 2 is 1.92 bits per heavy atom. The van der Waals surface area contributed by atoms with E-state index in [9.17, 15) is 17.2 Å². The normalized spacial score (nSPS) is 10.8. The van der Waals surface area contributed by atoms with Crippen LogP contribution in [0.5, 0.6) is 5.75 Å². The number of halogens is 3. The minimum Gasteiger partial charge on any atom is -0.478 e. The summed E-state index contributed by atoms with van der Waals surface area (Å²) in [6.45, 7) is -0.314. The van der Waals surface area contributed by atoms with E-state index in [2.05, 4.69) is 16.6 Å². The Morgan fingerprint density at radius 3 is 2.62 bits per heavy atom. The molecule has 0 heterocycles. The molecule has 2 aromatic carbocycles. The first-order valence-electron chi connectivity index (χ1n) is 6.67. The van der Waals surface area contributed by atoms with Crippen molar-refractivity contribution in [1.82, 2.24) is 4.72 Å². The quantitative estimate of drug-likeness (QED) is 0.822. The lowest BCUT2D eigenvalue weighted by Gasteiger charge is -2.04. The second-order valence-corrected chi connectivity index (χ2v) is 6.70. The molecule has 0 amide bonds. The SMILES string of the molecule is O=S(=O)(NCC#CCOc1ccc(F)cc1F)c1cccc(Cl)c1. The van der Waals surface area contributed by atoms with Crippen molar-refractivity contribution in [1.29, 1.82) is 0 Å². The molecule has 2 aromatic rings. The van der Waals surface area contributed by atoms with Crippen molar-refractivity contribution in [2.75, 3.05) is 13.2 Å². The van der Waals surface area contributed by atoms with E-state index in [1.54, 1.807) is 6.07 Å². The Kier molecular flexibility index (Phi) is 6.15. The number of ether oxygens (including phenoxy) is 1. The highest BCUT2D eigenvalue weighted by atomic mass is 35.5. The van der Waals surface area contributed by atoms with Crippen LogP contribution in [-0.4, -0.2) is 21.6 Å². The molecule has 0 fully saturated rings. The van der Waals surface area contributed by atoms with Crippen molar-refractivity contribution in [3.05, 3.63) is 59.1 Å². The zero-order valence-corrected chi connectivity index (χ0v) is 13.8. The lowest BCUT2D eigenvalue weighted by Crippen LogP contribution is -2.24. The van der Waals surface area contributed by atoms with Crippen molar-refractivity contribution >= 4 is 21.6 Å². The van der Waals surface area contributed by atoms with Gasteiger partial charge >= 0.3 is 0 Å². The van der Waals surface area contributed by atoms with Gasteiger partial charge in [0.15, 0.2) is 11.6 Å². The highest BCUT2D eigenvalue weighted by molar-refractivity contribution is 7.89. The lowest BCUT2D eigenvalue weighted by molar-refractivity contribution is 0.346. The second-order valence-electron chi connectivity index (χ2n) is 4.50. The highest BCUT2D eigenvalue weighted by Gasteiger charge is 2.12. The van der Waals surface area contributed by atoms with Crippen molar-refractivity contribution < 1.29 is 21.9 Å². The fourth-order valence-electron chi connectivity index (χ4n) is 1.67. The van der Waals surface area contributed by atoms with Gasteiger partial charge in [-0.05, 0) is 30.3 Å². The van der Waals surface area contributed by atoms with Crippen LogP contribution in [0.1, 0.15) is 0 Å². The van der Waals surface area contributed by atoms with Gasteiger partial charge in [-0.25, -0.2) is 17.2 Å². The molecular weight excluding hydrogens is 360 g/mol. The maximum absolute atomic E-state index is 13.3. The van der Waals surface area contributed by atoms with Crippen LogP contribution in [0.15, 0.2) is 47.4 Å². The molecule has 0 aliphatic heterocycles. The molecular formula is C16H12ClF2NO3S. The van der Waals surface area contributed by atoms with Crippen LogP contribution in [-0.2, 0) is 10.0 Å². The number of sulfonamides is 1. The van der Waals surface area contributed by atoms with Gasteiger partial charge in [-0.2, -0.15) is 4.72 Å². The summed E-state index contributed by atoms with van der Waals surface area (Å²) >= 11 is 5.74. The maximum Gasteiger partial charge on any atom is 0.241 e. The summed E-state index contributed by atoms with van der Waals surface area (Å²) in [7, 11) is -3.71. The van der Waals surface area contributed by atoms with Gasteiger partial charge in [-0.3, -0.25) is 0 Å². The molecule has 0 unspecified atom stereocenters. The van der Waals surface area contributed by atoms with E-state index in [0.29, 0.717) is 11.1 Å². The fourth-order valence-corrected chi connectivity index (χ4v) is 2.89. The Hall–Kier alpha value is -2.14. The highest BCUT2D eigenvalue weighted by Crippen LogP contribution is 2.17. The molecule has 0 aliphatic carbocycles. The third-order valence-corrected chi connectivity index (χ3v) is 4.41. The van der Waals surface area contributed by atoms with E-state index in [4.69, 9.17) is 16.3 Å². The largest absolute Gasteiger partial charge is 0.478 e. The number of hydrogen-bond donors (Lipinski definition) is 1. The van der Waals surface area contributed by atoms with Gasteiger partial charge in [0, 0.05) is 11.1 Å².